The summed E-state index contributed by atoms with van der Waals surface area (Å²) >= 11 is 6.02. The second-order valence-electron chi connectivity index (χ2n) is 4.65. The quantitative estimate of drug-likeness (QED) is 0.560. The van der Waals surface area contributed by atoms with E-state index in [0.717, 1.165) is 41.4 Å². The van der Waals surface area contributed by atoms with Crippen LogP contribution in [0.2, 0.25) is 5.02 Å². The maximum Gasteiger partial charge on any atom is 0.124 e. The van der Waals surface area contributed by atoms with Crippen molar-refractivity contribution in [3.8, 4) is 0 Å². The predicted molar refractivity (Wildman–Crippen MR) is 86.4 cm³/mol. The van der Waals surface area contributed by atoms with Crippen LogP contribution in [-0.4, -0.2) is 11.9 Å². The van der Waals surface area contributed by atoms with Crippen molar-refractivity contribution >= 4 is 23.1 Å². The minimum Gasteiger partial charge on any atom is -0.340 e. The number of rotatable bonds is 6. The minimum absolute atomic E-state index is 0.352. The normalized spacial score (nSPS) is 13.2. The third-order valence-electron chi connectivity index (χ3n) is 3.07. The van der Waals surface area contributed by atoms with Crippen LogP contribution in [0.15, 0.2) is 35.8 Å². The van der Waals surface area contributed by atoms with Gasteiger partial charge < -0.3 is 5.32 Å². The molecular weight excluding hydrogens is 256 g/mol. The van der Waals surface area contributed by atoms with Gasteiger partial charge in [-0.3, -0.25) is 4.99 Å². The van der Waals surface area contributed by atoms with E-state index in [0.29, 0.717) is 6.04 Å². The summed E-state index contributed by atoms with van der Waals surface area (Å²) in [5.41, 5.74) is 2.12. The molecule has 0 aliphatic rings. The lowest BCUT2D eigenvalue weighted by molar-refractivity contribution is 0.590. The summed E-state index contributed by atoms with van der Waals surface area (Å²) in [6, 6.07) is 6.15. The van der Waals surface area contributed by atoms with Crippen LogP contribution in [0.3, 0.4) is 0 Å². The molecular formula is C16H23ClN2. The Hall–Kier alpha value is -1.28. The molecule has 0 heterocycles. The van der Waals surface area contributed by atoms with Crippen LogP contribution in [0.1, 0.15) is 38.7 Å². The number of halogens is 1. The molecule has 1 unspecified atom stereocenters. The fraction of sp³-hybridized carbons (Fsp3) is 0.438. The zero-order valence-corrected chi connectivity index (χ0v) is 12.8. The number of amidine groups is 1. The molecule has 0 saturated heterocycles. The van der Waals surface area contributed by atoms with E-state index >= 15 is 0 Å². The standard InChI is InChI=1S/C16H23ClN2/c1-5-8-14(6-2)18-16(7-3)19-15-11-13(17)10-9-12(15)4/h7,9-11,14H,3,5-6,8H2,1-2,4H3,(H,18,19). The Morgan fingerprint density at radius 2 is 2.21 bits per heavy atom. The van der Waals surface area contributed by atoms with Crippen LogP contribution < -0.4 is 5.32 Å². The molecule has 19 heavy (non-hydrogen) atoms. The van der Waals surface area contributed by atoms with Gasteiger partial charge in [0.05, 0.1) is 6.04 Å². The van der Waals surface area contributed by atoms with E-state index in [1.54, 1.807) is 6.08 Å². The van der Waals surface area contributed by atoms with Crippen molar-refractivity contribution in [2.45, 2.75) is 46.1 Å². The van der Waals surface area contributed by atoms with E-state index in [4.69, 9.17) is 16.6 Å². The summed E-state index contributed by atoms with van der Waals surface area (Å²) in [7, 11) is 0. The first-order valence-electron chi connectivity index (χ1n) is 6.84. The maximum atomic E-state index is 6.02. The van der Waals surface area contributed by atoms with Gasteiger partial charge in [0.25, 0.3) is 0 Å². The number of anilines is 1. The molecule has 3 heteroatoms. The Morgan fingerprint density at radius 3 is 2.79 bits per heavy atom. The molecule has 0 amide bonds. The van der Waals surface area contributed by atoms with Gasteiger partial charge in [0.1, 0.15) is 5.84 Å². The average Bonchev–Trinajstić information content (AvgIpc) is 2.41. The average molecular weight is 279 g/mol. The molecule has 1 aromatic rings. The molecule has 0 bridgehead atoms. The van der Waals surface area contributed by atoms with Gasteiger partial charge in [0.15, 0.2) is 0 Å². The summed E-state index contributed by atoms with van der Waals surface area (Å²) in [6.45, 7) is 10.2. The third kappa shape index (κ3) is 5.07. The molecule has 0 saturated carbocycles. The second kappa shape index (κ2) is 8.00. The summed E-state index contributed by atoms with van der Waals surface area (Å²) in [6.07, 6.45) is 5.05. The lowest BCUT2D eigenvalue weighted by Crippen LogP contribution is -2.14. The molecule has 0 aliphatic heterocycles. The number of nitrogens with zero attached hydrogens (tertiary/aromatic N) is 1. The molecule has 1 rings (SSSR count). The summed E-state index contributed by atoms with van der Waals surface area (Å²) in [4.78, 5) is 4.71. The van der Waals surface area contributed by atoms with Crippen LogP contribution in [0, 0.1) is 6.92 Å². The molecule has 0 fully saturated rings. The Morgan fingerprint density at radius 1 is 1.47 bits per heavy atom. The highest BCUT2D eigenvalue weighted by atomic mass is 35.5. The number of hydrogen-bond acceptors (Lipinski definition) is 1. The van der Waals surface area contributed by atoms with Crippen LogP contribution in [0.4, 0.5) is 5.69 Å². The van der Waals surface area contributed by atoms with Gasteiger partial charge in [0.2, 0.25) is 0 Å². The van der Waals surface area contributed by atoms with Crippen molar-refractivity contribution < 1.29 is 0 Å². The first-order valence-corrected chi connectivity index (χ1v) is 7.21. The van der Waals surface area contributed by atoms with Crippen molar-refractivity contribution in [3.05, 3.63) is 41.4 Å². The van der Waals surface area contributed by atoms with E-state index < -0.39 is 0 Å². The molecule has 0 aliphatic carbocycles. The van der Waals surface area contributed by atoms with Crippen LogP contribution in [-0.2, 0) is 0 Å². The van der Waals surface area contributed by atoms with E-state index in [2.05, 4.69) is 25.7 Å². The molecule has 1 N–H and O–H groups in total. The van der Waals surface area contributed by atoms with Crippen molar-refractivity contribution in [3.63, 3.8) is 0 Å². The van der Waals surface area contributed by atoms with Crippen LogP contribution in [0.5, 0.6) is 0 Å². The Kier molecular flexibility index (Phi) is 6.65. The lowest BCUT2D eigenvalue weighted by Gasteiger charge is -2.14. The van der Waals surface area contributed by atoms with Gasteiger partial charge >= 0.3 is 0 Å². The SMILES string of the molecule is C=CC(=NC(CC)CCC)Nc1cc(Cl)ccc1C. The monoisotopic (exact) mass is 278 g/mol. The second-order valence-corrected chi connectivity index (χ2v) is 5.09. The van der Waals surface area contributed by atoms with Gasteiger partial charge in [-0.15, -0.1) is 0 Å². The number of aryl methyl sites for hydroxylation is 1. The highest BCUT2D eigenvalue weighted by molar-refractivity contribution is 6.31. The fourth-order valence-corrected chi connectivity index (χ4v) is 2.06. The molecule has 1 atom stereocenters. The van der Waals surface area contributed by atoms with Crippen molar-refractivity contribution in [1.29, 1.82) is 0 Å². The molecule has 0 aromatic heterocycles. The number of aliphatic imine (C=N–C) groups is 1. The highest BCUT2D eigenvalue weighted by Gasteiger charge is 2.06. The fourth-order valence-electron chi connectivity index (χ4n) is 1.89. The first-order chi connectivity index (χ1) is 9.10. The van der Waals surface area contributed by atoms with Crippen LogP contribution >= 0.6 is 11.6 Å². The van der Waals surface area contributed by atoms with Crippen molar-refractivity contribution in [2.75, 3.05) is 5.32 Å². The number of benzene rings is 1. The summed E-state index contributed by atoms with van der Waals surface area (Å²) in [5, 5.41) is 4.03. The van der Waals surface area contributed by atoms with E-state index in [1.165, 1.54) is 0 Å². The van der Waals surface area contributed by atoms with Gasteiger partial charge in [-0.2, -0.15) is 0 Å². The van der Waals surface area contributed by atoms with Crippen molar-refractivity contribution in [1.82, 2.24) is 0 Å². The van der Waals surface area contributed by atoms with E-state index in [-0.39, 0.29) is 0 Å². The predicted octanol–water partition coefficient (Wildman–Crippen LogP) is 5.22. The van der Waals surface area contributed by atoms with Gasteiger partial charge in [-0.1, -0.05) is 44.5 Å². The highest BCUT2D eigenvalue weighted by Crippen LogP contribution is 2.20. The molecule has 0 radical (unpaired) electrons. The molecule has 1 aromatic carbocycles. The van der Waals surface area contributed by atoms with Gasteiger partial charge in [0, 0.05) is 10.7 Å². The topological polar surface area (TPSA) is 24.4 Å². The summed E-state index contributed by atoms with van der Waals surface area (Å²) in [5.74, 6) is 0.811. The van der Waals surface area contributed by atoms with Gasteiger partial charge in [-0.05, 0) is 43.5 Å². The minimum atomic E-state index is 0.352. The summed E-state index contributed by atoms with van der Waals surface area (Å²) < 4.78 is 0. The molecule has 2 nitrogen and oxygen atoms in total. The maximum absolute atomic E-state index is 6.02. The smallest absolute Gasteiger partial charge is 0.124 e. The molecule has 0 spiro atoms. The third-order valence-corrected chi connectivity index (χ3v) is 3.31. The first kappa shape index (κ1) is 15.8. The Balaban J connectivity index is 2.89. The van der Waals surface area contributed by atoms with E-state index in [1.807, 2.05) is 25.1 Å². The number of nitrogens with one attached hydrogen (secondary N) is 1. The Bertz CT molecular complexity index is 452. The van der Waals surface area contributed by atoms with E-state index in [9.17, 15) is 0 Å². The zero-order chi connectivity index (χ0) is 14.3. The lowest BCUT2D eigenvalue weighted by atomic mass is 10.1. The van der Waals surface area contributed by atoms with Crippen LogP contribution in [0.25, 0.3) is 0 Å². The Labute approximate surface area is 121 Å². The number of hydrogen-bond donors (Lipinski definition) is 1. The van der Waals surface area contributed by atoms with Gasteiger partial charge in [-0.25, -0.2) is 0 Å². The zero-order valence-electron chi connectivity index (χ0n) is 12.0. The van der Waals surface area contributed by atoms with Crippen molar-refractivity contribution in [2.24, 2.45) is 4.99 Å². The largest absolute Gasteiger partial charge is 0.340 e. The molecule has 104 valence electrons.